The first kappa shape index (κ1) is 16.5. The Morgan fingerprint density at radius 2 is 2.04 bits per heavy atom. The Morgan fingerprint density at radius 1 is 1.30 bits per heavy atom. The van der Waals surface area contributed by atoms with E-state index in [1.807, 2.05) is 18.2 Å². The van der Waals surface area contributed by atoms with Crippen LogP contribution in [0.1, 0.15) is 44.3 Å². The van der Waals surface area contributed by atoms with Gasteiger partial charge in [0.05, 0.1) is 25.2 Å². The smallest absolute Gasteiger partial charge is 0.312 e. The van der Waals surface area contributed by atoms with E-state index in [9.17, 15) is 4.79 Å². The van der Waals surface area contributed by atoms with Crippen molar-refractivity contribution >= 4 is 5.97 Å². The van der Waals surface area contributed by atoms with Crippen LogP contribution in [-0.2, 0) is 14.3 Å². The minimum Gasteiger partial charge on any atom is -0.469 e. The quantitative estimate of drug-likeness (QED) is 0.782. The second-order valence-electron chi connectivity index (χ2n) is 6.73. The van der Waals surface area contributed by atoms with Crippen LogP contribution in [0, 0.1) is 5.92 Å². The summed E-state index contributed by atoms with van der Waals surface area (Å²) in [4.78, 5) is 14.7. The third-order valence-corrected chi connectivity index (χ3v) is 5.57. The maximum absolute atomic E-state index is 12.4. The Labute approximate surface area is 138 Å². The number of piperidine rings is 1. The molecule has 2 heterocycles. The van der Waals surface area contributed by atoms with Crippen LogP contribution in [-0.4, -0.2) is 43.2 Å². The van der Waals surface area contributed by atoms with Crippen molar-refractivity contribution in [1.82, 2.24) is 4.90 Å². The maximum Gasteiger partial charge on any atom is 0.312 e. The van der Waals surface area contributed by atoms with Crippen molar-refractivity contribution in [1.29, 1.82) is 0 Å². The lowest BCUT2D eigenvalue weighted by Gasteiger charge is -2.42. The number of hydrogen-bond donors (Lipinski definition) is 0. The third kappa shape index (κ3) is 3.15. The molecule has 1 aromatic carbocycles. The molecule has 0 radical (unpaired) electrons. The van der Waals surface area contributed by atoms with Crippen LogP contribution >= 0.6 is 0 Å². The molecule has 1 aromatic rings. The molecule has 1 unspecified atom stereocenters. The average Bonchev–Trinajstić information content (AvgIpc) is 2.83. The number of esters is 1. The first-order valence-electron chi connectivity index (χ1n) is 8.65. The summed E-state index contributed by atoms with van der Waals surface area (Å²) in [6.07, 6.45) is 4.01. The molecule has 2 bridgehead atoms. The molecule has 0 amide bonds. The molecule has 2 aliphatic rings. The summed E-state index contributed by atoms with van der Waals surface area (Å²) in [6, 6.07) is 11.1. The topological polar surface area (TPSA) is 38.8 Å². The van der Waals surface area contributed by atoms with Gasteiger partial charge in [-0.25, -0.2) is 0 Å². The van der Waals surface area contributed by atoms with Crippen LogP contribution in [0.4, 0.5) is 0 Å². The fourth-order valence-corrected chi connectivity index (χ4v) is 4.30. The summed E-state index contributed by atoms with van der Waals surface area (Å²) >= 11 is 0. The zero-order valence-corrected chi connectivity index (χ0v) is 14.3. The Morgan fingerprint density at radius 3 is 2.70 bits per heavy atom. The molecule has 0 aliphatic carbocycles. The molecule has 5 atom stereocenters. The molecular formula is C19H27NO3. The van der Waals surface area contributed by atoms with Crippen molar-refractivity contribution < 1.29 is 14.3 Å². The van der Waals surface area contributed by atoms with Gasteiger partial charge >= 0.3 is 5.97 Å². The van der Waals surface area contributed by atoms with E-state index in [0.717, 1.165) is 25.7 Å². The van der Waals surface area contributed by atoms with Crippen molar-refractivity contribution in [3.8, 4) is 0 Å². The largest absolute Gasteiger partial charge is 0.469 e. The number of nitrogens with zero attached hydrogens (tertiary/aromatic N) is 1. The Hall–Kier alpha value is -1.39. The highest BCUT2D eigenvalue weighted by Crippen LogP contribution is 2.41. The molecule has 23 heavy (non-hydrogen) atoms. The van der Waals surface area contributed by atoms with E-state index in [0.29, 0.717) is 6.04 Å². The first-order valence-corrected chi connectivity index (χ1v) is 8.65. The molecule has 0 N–H and O–H groups in total. The second-order valence-corrected chi connectivity index (χ2v) is 6.73. The van der Waals surface area contributed by atoms with Crippen LogP contribution in [0.5, 0.6) is 0 Å². The van der Waals surface area contributed by atoms with Crippen molar-refractivity contribution in [3.05, 3.63) is 35.9 Å². The van der Waals surface area contributed by atoms with Crippen molar-refractivity contribution in [2.75, 3.05) is 14.2 Å². The first-order chi connectivity index (χ1) is 11.2. The number of carbonyl (C=O) groups excluding carboxylic acids is 1. The number of carbonyl (C=O) groups is 1. The SMILES string of the molecule is CCC(O[C@H]1C[C@H]2CC[C@@H]([C@H]1C(=O)OC)N2C)c1ccccc1. The maximum atomic E-state index is 12.4. The highest BCUT2D eigenvalue weighted by atomic mass is 16.5. The average molecular weight is 317 g/mol. The summed E-state index contributed by atoms with van der Waals surface area (Å²) in [6.45, 7) is 2.13. The van der Waals surface area contributed by atoms with Gasteiger partial charge in [0, 0.05) is 12.1 Å². The van der Waals surface area contributed by atoms with Gasteiger partial charge in [-0.1, -0.05) is 37.3 Å². The molecule has 0 aromatic heterocycles. The lowest BCUT2D eigenvalue weighted by atomic mass is 9.87. The molecule has 2 aliphatic heterocycles. The Balaban J connectivity index is 1.80. The standard InChI is InChI=1S/C19H27NO3/c1-4-16(13-8-6-5-7-9-13)23-17-12-14-10-11-15(20(14)2)18(17)19(21)22-3/h5-9,14-18H,4,10-12H2,1-3H3/t14-,15+,16?,17+,18-/m1/s1. The molecule has 4 heteroatoms. The van der Waals surface area contributed by atoms with Crippen LogP contribution in [0.3, 0.4) is 0 Å². The van der Waals surface area contributed by atoms with Gasteiger partial charge in [0.1, 0.15) is 0 Å². The monoisotopic (exact) mass is 317 g/mol. The van der Waals surface area contributed by atoms with Gasteiger partial charge in [-0.15, -0.1) is 0 Å². The van der Waals surface area contributed by atoms with Gasteiger partial charge in [0.15, 0.2) is 0 Å². The van der Waals surface area contributed by atoms with Gasteiger partial charge in [0.2, 0.25) is 0 Å². The number of methoxy groups -OCH3 is 1. The minimum atomic E-state index is -0.179. The summed E-state index contributed by atoms with van der Waals surface area (Å²) in [5, 5.41) is 0. The Kier molecular flexibility index (Phi) is 5.02. The van der Waals surface area contributed by atoms with Crippen LogP contribution in [0.15, 0.2) is 30.3 Å². The molecule has 0 saturated carbocycles. The van der Waals surface area contributed by atoms with Gasteiger partial charge in [-0.2, -0.15) is 0 Å². The number of ether oxygens (including phenoxy) is 2. The Bertz CT molecular complexity index is 533. The molecular weight excluding hydrogens is 290 g/mol. The predicted molar refractivity (Wildman–Crippen MR) is 89.0 cm³/mol. The molecule has 4 nitrogen and oxygen atoms in total. The molecule has 2 saturated heterocycles. The molecule has 2 fully saturated rings. The van der Waals surface area contributed by atoms with E-state index in [2.05, 4.69) is 31.0 Å². The predicted octanol–water partition coefficient (Wildman–Crippen LogP) is 3.18. The normalized spacial score (nSPS) is 31.8. The van der Waals surface area contributed by atoms with E-state index >= 15 is 0 Å². The van der Waals surface area contributed by atoms with Crippen molar-refractivity contribution in [2.45, 2.75) is 56.9 Å². The summed E-state index contributed by atoms with van der Waals surface area (Å²) in [7, 11) is 3.61. The van der Waals surface area contributed by atoms with Gasteiger partial charge < -0.3 is 9.47 Å². The van der Waals surface area contributed by atoms with E-state index in [-0.39, 0.29) is 30.1 Å². The van der Waals surface area contributed by atoms with Gasteiger partial charge in [-0.05, 0) is 38.3 Å². The van der Waals surface area contributed by atoms with Crippen molar-refractivity contribution in [2.24, 2.45) is 5.92 Å². The number of hydrogen-bond acceptors (Lipinski definition) is 4. The van der Waals surface area contributed by atoms with E-state index in [4.69, 9.17) is 9.47 Å². The van der Waals surface area contributed by atoms with Crippen molar-refractivity contribution in [3.63, 3.8) is 0 Å². The van der Waals surface area contributed by atoms with E-state index in [1.54, 1.807) is 0 Å². The summed E-state index contributed by atoms with van der Waals surface area (Å²) in [5.41, 5.74) is 1.19. The molecule has 3 rings (SSSR count). The van der Waals surface area contributed by atoms with Crippen LogP contribution in [0.2, 0.25) is 0 Å². The zero-order chi connectivity index (χ0) is 16.4. The lowest BCUT2D eigenvalue weighted by Crippen LogP contribution is -2.53. The summed E-state index contributed by atoms with van der Waals surface area (Å²) < 4.78 is 11.6. The number of rotatable bonds is 5. The minimum absolute atomic E-state index is 0.0381. The number of benzene rings is 1. The molecule has 126 valence electrons. The third-order valence-electron chi connectivity index (χ3n) is 5.57. The van der Waals surface area contributed by atoms with Gasteiger partial charge in [0.25, 0.3) is 0 Å². The highest BCUT2D eigenvalue weighted by Gasteiger charge is 2.50. The van der Waals surface area contributed by atoms with Crippen LogP contribution < -0.4 is 0 Å². The molecule has 0 spiro atoms. The highest BCUT2D eigenvalue weighted by molar-refractivity contribution is 5.74. The van der Waals surface area contributed by atoms with E-state index < -0.39 is 0 Å². The zero-order valence-electron chi connectivity index (χ0n) is 14.3. The van der Waals surface area contributed by atoms with Gasteiger partial charge in [-0.3, -0.25) is 9.69 Å². The fraction of sp³-hybridized carbons (Fsp3) is 0.632. The van der Waals surface area contributed by atoms with E-state index in [1.165, 1.54) is 12.7 Å². The summed E-state index contributed by atoms with van der Waals surface area (Å²) in [5.74, 6) is -0.309. The fourth-order valence-electron chi connectivity index (χ4n) is 4.30. The van der Waals surface area contributed by atoms with Crippen LogP contribution in [0.25, 0.3) is 0 Å². The second kappa shape index (κ2) is 7.02. The number of fused-ring (bicyclic) bond motifs is 2. The lowest BCUT2D eigenvalue weighted by molar-refractivity contribution is -0.163.